The number of carbonyl (C=O) groups excluding carboxylic acids is 1. The van der Waals surface area contributed by atoms with E-state index in [4.69, 9.17) is 0 Å². The van der Waals surface area contributed by atoms with Crippen LogP contribution in [0.2, 0.25) is 0 Å². The largest absolute Gasteiger partial charge is 0.366 e. The van der Waals surface area contributed by atoms with E-state index in [0.717, 1.165) is 13.0 Å². The highest BCUT2D eigenvalue weighted by Gasteiger charge is 1.84. The molecule has 3 heteroatoms. The summed E-state index contributed by atoms with van der Waals surface area (Å²) >= 11 is 0. The van der Waals surface area contributed by atoms with Gasteiger partial charge < -0.3 is 5.73 Å². The van der Waals surface area contributed by atoms with Gasteiger partial charge in [-0.05, 0) is 6.92 Å². The number of nitrogens with two attached hydrogens (primary N) is 1. The van der Waals surface area contributed by atoms with Crippen molar-refractivity contribution in [3.8, 4) is 0 Å². The Morgan fingerprint density at radius 1 is 1.67 bits per heavy atom. The van der Waals surface area contributed by atoms with Crippen LogP contribution in [0.5, 0.6) is 0 Å². The van der Waals surface area contributed by atoms with Gasteiger partial charge in [0, 0.05) is 7.50 Å². The van der Waals surface area contributed by atoms with Crippen LogP contribution in [0.25, 0.3) is 0 Å². The van der Waals surface area contributed by atoms with Gasteiger partial charge in [-0.2, -0.15) is 0 Å². The predicted octanol–water partition coefficient (Wildman–Crippen LogP) is 1.62. The SMILES string of the molecule is C/C(F)=C\C(N)=O.CC.[HH]. The van der Waals surface area contributed by atoms with Crippen LogP contribution in [0, 0.1) is 0 Å². The fraction of sp³-hybridized carbons (Fsp3) is 0.500. The van der Waals surface area contributed by atoms with E-state index in [-0.39, 0.29) is 1.43 Å². The lowest BCUT2D eigenvalue weighted by Gasteiger charge is -1.77. The van der Waals surface area contributed by atoms with Crippen molar-refractivity contribution in [1.29, 1.82) is 0 Å². The van der Waals surface area contributed by atoms with E-state index in [2.05, 4.69) is 5.73 Å². The summed E-state index contributed by atoms with van der Waals surface area (Å²) in [4.78, 5) is 9.72. The minimum Gasteiger partial charge on any atom is -0.366 e. The molecule has 0 spiro atoms. The summed E-state index contributed by atoms with van der Waals surface area (Å²) in [7, 11) is 0. The second-order valence-electron chi connectivity index (χ2n) is 1.13. The third kappa shape index (κ3) is 19.1. The molecule has 0 fully saturated rings. The maximum Gasteiger partial charge on any atom is 0.243 e. The molecule has 0 bridgehead atoms. The van der Waals surface area contributed by atoms with E-state index < -0.39 is 11.7 Å². The highest BCUT2D eigenvalue weighted by atomic mass is 19.1. The van der Waals surface area contributed by atoms with Crippen LogP contribution in [0.15, 0.2) is 11.9 Å². The van der Waals surface area contributed by atoms with Crippen LogP contribution in [0.1, 0.15) is 22.2 Å². The maximum atomic E-state index is 11.5. The van der Waals surface area contributed by atoms with Crippen molar-refractivity contribution in [3.05, 3.63) is 11.9 Å². The average Bonchev–Trinajstić information content (AvgIpc) is 1.68. The standard InChI is InChI=1S/C4H6FNO.C2H6.H2/c1-3(5)2-4(6)7;1-2;/h2H,1H3,(H2,6,7);1-2H3;1H/b3-2+;;. The molecule has 0 rings (SSSR count). The van der Waals surface area contributed by atoms with Crippen LogP contribution in [-0.4, -0.2) is 5.91 Å². The van der Waals surface area contributed by atoms with E-state index in [0.29, 0.717) is 0 Å². The molecule has 0 atom stereocenters. The molecule has 2 N–H and O–H groups in total. The van der Waals surface area contributed by atoms with Crippen LogP contribution in [0.4, 0.5) is 4.39 Å². The molecule has 0 aliphatic rings. The number of halogens is 1. The summed E-state index contributed by atoms with van der Waals surface area (Å²) in [5, 5.41) is 0. The van der Waals surface area contributed by atoms with Crippen molar-refractivity contribution in [3.63, 3.8) is 0 Å². The fourth-order valence-electron chi connectivity index (χ4n) is 0.196. The summed E-state index contributed by atoms with van der Waals surface area (Å²) in [5.74, 6) is -1.31. The predicted molar refractivity (Wildman–Crippen MR) is 37.5 cm³/mol. The first kappa shape index (κ1) is 11.0. The van der Waals surface area contributed by atoms with Gasteiger partial charge in [0.1, 0.15) is 5.83 Å². The van der Waals surface area contributed by atoms with Crippen LogP contribution >= 0.6 is 0 Å². The second-order valence-corrected chi connectivity index (χ2v) is 1.13. The Hall–Kier alpha value is -0.860. The number of carbonyl (C=O) groups is 1. The lowest BCUT2D eigenvalue weighted by Crippen LogP contribution is -2.05. The van der Waals surface area contributed by atoms with E-state index in [9.17, 15) is 9.18 Å². The fourth-order valence-corrected chi connectivity index (χ4v) is 0.196. The lowest BCUT2D eigenvalue weighted by atomic mass is 10.5. The van der Waals surface area contributed by atoms with Crippen LogP contribution < -0.4 is 5.73 Å². The monoisotopic (exact) mass is 135 g/mol. The molecule has 0 radical (unpaired) electrons. The molecule has 0 aromatic carbocycles. The van der Waals surface area contributed by atoms with Gasteiger partial charge >= 0.3 is 0 Å². The highest BCUT2D eigenvalue weighted by Crippen LogP contribution is 1.88. The minimum atomic E-state index is -0.750. The summed E-state index contributed by atoms with van der Waals surface area (Å²) in [6.45, 7) is 5.16. The van der Waals surface area contributed by atoms with Gasteiger partial charge in [0.2, 0.25) is 5.91 Å². The topological polar surface area (TPSA) is 43.1 Å². The van der Waals surface area contributed by atoms with Gasteiger partial charge in [0.25, 0.3) is 0 Å². The molecule has 0 heterocycles. The molecule has 56 valence electrons. The average molecular weight is 135 g/mol. The zero-order chi connectivity index (χ0) is 7.86. The van der Waals surface area contributed by atoms with E-state index >= 15 is 0 Å². The van der Waals surface area contributed by atoms with E-state index in [1.807, 2.05) is 13.8 Å². The van der Waals surface area contributed by atoms with Crippen LogP contribution in [-0.2, 0) is 4.79 Å². The third-order valence-corrected chi connectivity index (χ3v) is 0.341. The smallest absolute Gasteiger partial charge is 0.243 e. The van der Waals surface area contributed by atoms with Crippen molar-refractivity contribution in [2.75, 3.05) is 0 Å². The Balaban J connectivity index is -0.000000149. The minimum absolute atomic E-state index is 0. The van der Waals surface area contributed by atoms with Crippen molar-refractivity contribution in [2.45, 2.75) is 20.8 Å². The second kappa shape index (κ2) is 7.14. The first-order chi connectivity index (χ1) is 4.13. The van der Waals surface area contributed by atoms with Gasteiger partial charge in [-0.3, -0.25) is 4.79 Å². The van der Waals surface area contributed by atoms with Crippen molar-refractivity contribution >= 4 is 5.91 Å². The molecule has 0 unspecified atom stereocenters. The molecule has 9 heavy (non-hydrogen) atoms. The Morgan fingerprint density at radius 3 is 2.00 bits per heavy atom. The first-order valence-electron chi connectivity index (χ1n) is 2.76. The number of hydrogen-bond donors (Lipinski definition) is 1. The summed E-state index contributed by atoms with van der Waals surface area (Å²) < 4.78 is 11.5. The molecule has 0 aliphatic carbocycles. The number of primary amides is 1. The molecule has 1 amide bonds. The number of hydrogen-bond acceptors (Lipinski definition) is 1. The van der Waals surface area contributed by atoms with Gasteiger partial charge in [-0.1, -0.05) is 13.8 Å². The highest BCUT2D eigenvalue weighted by molar-refractivity contribution is 5.86. The summed E-state index contributed by atoms with van der Waals surface area (Å²) in [6.07, 6.45) is 0.722. The van der Waals surface area contributed by atoms with Crippen molar-refractivity contribution < 1.29 is 10.6 Å². The Labute approximate surface area is 56.0 Å². The van der Waals surface area contributed by atoms with Gasteiger partial charge in [0.15, 0.2) is 0 Å². The molecule has 0 aromatic rings. The first-order valence-corrected chi connectivity index (χ1v) is 2.76. The zero-order valence-corrected chi connectivity index (χ0v) is 5.94. The molecular weight excluding hydrogens is 121 g/mol. The third-order valence-electron chi connectivity index (χ3n) is 0.341. The van der Waals surface area contributed by atoms with Crippen molar-refractivity contribution in [1.82, 2.24) is 0 Å². The van der Waals surface area contributed by atoms with Crippen LogP contribution in [0.3, 0.4) is 0 Å². The molecule has 0 saturated carbocycles. The Morgan fingerprint density at radius 2 is 2.00 bits per heavy atom. The van der Waals surface area contributed by atoms with E-state index in [1.165, 1.54) is 0 Å². The number of rotatable bonds is 1. The molecule has 2 nitrogen and oxygen atoms in total. The molecule has 0 aromatic heterocycles. The number of amides is 1. The summed E-state index contributed by atoms with van der Waals surface area (Å²) in [6, 6.07) is 0. The normalized spacial score (nSPS) is 9.56. The molecular formula is C6H14FNO. The Kier molecular flexibility index (Phi) is 8.73. The zero-order valence-electron chi connectivity index (χ0n) is 5.94. The van der Waals surface area contributed by atoms with E-state index in [1.54, 1.807) is 0 Å². The van der Waals surface area contributed by atoms with Crippen molar-refractivity contribution in [2.24, 2.45) is 5.73 Å². The molecule has 0 aliphatic heterocycles. The maximum absolute atomic E-state index is 11.5. The number of allylic oxidation sites excluding steroid dienone is 1. The van der Waals surface area contributed by atoms with Gasteiger partial charge in [-0.15, -0.1) is 0 Å². The Bertz CT molecular complexity index is 110. The quantitative estimate of drug-likeness (QED) is 0.545. The van der Waals surface area contributed by atoms with Gasteiger partial charge in [0.05, 0.1) is 0 Å². The van der Waals surface area contributed by atoms with Gasteiger partial charge in [-0.25, -0.2) is 4.39 Å². The summed E-state index contributed by atoms with van der Waals surface area (Å²) in [5.41, 5.74) is 4.54. The molecule has 0 saturated heterocycles. The lowest BCUT2D eigenvalue weighted by molar-refractivity contribution is -0.113.